The van der Waals surface area contributed by atoms with Crippen molar-refractivity contribution < 1.29 is 14.0 Å². The number of carbonyl (C=O) groups is 2. The number of nitrogens with one attached hydrogen (secondary N) is 3. The van der Waals surface area contributed by atoms with Crippen LogP contribution in [-0.2, 0) is 11.3 Å². The van der Waals surface area contributed by atoms with E-state index >= 15 is 0 Å². The maximum Gasteiger partial charge on any atom is 0.255 e. The molecule has 26 heavy (non-hydrogen) atoms. The van der Waals surface area contributed by atoms with Gasteiger partial charge in [0.05, 0.1) is 5.92 Å². The molecule has 0 aromatic heterocycles. The summed E-state index contributed by atoms with van der Waals surface area (Å²) in [4.78, 5) is 24.4. The first-order valence-corrected chi connectivity index (χ1v) is 8.76. The molecule has 2 amide bonds. The van der Waals surface area contributed by atoms with Gasteiger partial charge in [-0.3, -0.25) is 9.59 Å². The maximum atomic E-state index is 12.9. The van der Waals surface area contributed by atoms with E-state index < -0.39 is 0 Å². The topological polar surface area (TPSA) is 70.2 Å². The Balaban J connectivity index is 1.56. The van der Waals surface area contributed by atoms with E-state index in [-0.39, 0.29) is 23.5 Å². The summed E-state index contributed by atoms with van der Waals surface area (Å²) in [6.45, 7) is 2.11. The van der Waals surface area contributed by atoms with Crippen LogP contribution in [0.1, 0.15) is 28.8 Å². The summed E-state index contributed by atoms with van der Waals surface area (Å²) in [7, 11) is 0. The molecule has 1 fully saturated rings. The first-order valence-electron chi connectivity index (χ1n) is 8.76. The molecule has 2 aromatic carbocycles. The van der Waals surface area contributed by atoms with Crippen molar-refractivity contribution in [3.05, 3.63) is 65.5 Å². The van der Waals surface area contributed by atoms with Crippen molar-refractivity contribution in [3.8, 4) is 0 Å². The monoisotopic (exact) mass is 355 g/mol. The average Bonchev–Trinajstić information content (AvgIpc) is 2.67. The van der Waals surface area contributed by atoms with Crippen molar-refractivity contribution >= 4 is 17.5 Å². The minimum absolute atomic E-state index is 0.0186. The van der Waals surface area contributed by atoms with Crippen molar-refractivity contribution in [2.75, 3.05) is 18.4 Å². The predicted octanol–water partition coefficient (Wildman–Crippen LogP) is 2.69. The van der Waals surface area contributed by atoms with E-state index in [1.807, 2.05) is 18.2 Å². The molecule has 1 aliphatic rings. The van der Waals surface area contributed by atoms with Gasteiger partial charge < -0.3 is 16.0 Å². The zero-order valence-electron chi connectivity index (χ0n) is 14.4. The highest BCUT2D eigenvalue weighted by Gasteiger charge is 2.20. The molecule has 0 saturated carbocycles. The largest absolute Gasteiger partial charge is 0.352 e. The Morgan fingerprint density at radius 3 is 2.69 bits per heavy atom. The standard InChI is InChI=1S/C20H22FN3O2/c21-17-8-6-15(7-9-17)20(26)24-18-5-1-3-14(11-18)12-23-19(25)16-4-2-10-22-13-16/h1,3,5-9,11,16,22H,2,4,10,12-13H2,(H,23,25)(H,24,26). The van der Waals surface area contributed by atoms with E-state index in [0.29, 0.717) is 17.8 Å². The van der Waals surface area contributed by atoms with Crippen LogP contribution < -0.4 is 16.0 Å². The molecular weight excluding hydrogens is 333 g/mol. The van der Waals surface area contributed by atoms with Gasteiger partial charge >= 0.3 is 0 Å². The maximum absolute atomic E-state index is 12.9. The molecule has 1 unspecified atom stereocenters. The van der Waals surface area contributed by atoms with Crippen LogP contribution in [0.3, 0.4) is 0 Å². The lowest BCUT2D eigenvalue weighted by molar-refractivity contribution is -0.125. The molecule has 0 radical (unpaired) electrons. The van der Waals surface area contributed by atoms with E-state index in [2.05, 4.69) is 16.0 Å². The van der Waals surface area contributed by atoms with Crippen LogP contribution in [-0.4, -0.2) is 24.9 Å². The van der Waals surface area contributed by atoms with E-state index in [4.69, 9.17) is 0 Å². The second-order valence-electron chi connectivity index (χ2n) is 6.42. The molecule has 1 saturated heterocycles. The highest BCUT2D eigenvalue weighted by molar-refractivity contribution is 6.04. The second kappa shape index (κ2) is 8.58. The summed E-state index contributed by atoms with van der Waals surface area (Å²) >= 11 is 0. The summed E-state index contributed by atoms with van der Waals surface area (Å²) in [6.07, 6.45) is 1.93. The Bertz CT molecular complexity index is 771. The first kappa shape index (κ1) is 18.1. The number of amides is 2. The molecule has 5 nitrogen and oxygen atoms in total. The molecule has 1 aliphatic heterocycles. The van der Waals surface area contributed by atoms with Crippen LogP contribution in [0.4, 0.5) is 10.1 Å². The quantitative estimate of drug-likeness (QED) is 0.772. The molecule has 3 rings (SSSR count). The van der Waals surface area contributed by atoms with E-state index in [1.165, 1.54) is 24.3 Å². The lowest BCUT2D eigenvalue weighted by atomic mass is 9.99. The van der Waals surface area contributed by atoms with Gasteiger partial charge in [-0.25, -0.2) is 4.39 Å². The van der Waals surface area contributed by atoms with Crippen molar-refractivity contribution in [2.24, 2.45) is 5.92 Å². The third kappa shape index (κ3) is 4.89. The van der Waals surface area contributed by atoms with E-state index in [9.17, 15) is 14.0 Å². The number of piperidine rings is 1. The molecule has 0 aliphatic carbocycles. The van der Waals surface area contributed by atoms with Gasteiger partial charge in [0.25, 0.3) is 5.91 Å². The Morgan fingerprint density at radius 1 is 1.15 bits per heavy atom. The lowest BCUT2D eigenvalue weighted by Gasteiger charge is -2.21. The van der Waals surface area contributed by atoms with Crippen LogP contribution >= 0.6 is 0 Å². The van der Waals surface area contributed by atoms with Crippen molar-refractivity contribution in [1.29, 1.82) is 0 Å². The number of hydrogen-bond donors (Lipinski definition) is 3. The Hall–Kier alpha value is -2.73. The SMILES string of the molecule is O=C(Nc1cccc(CNC(=O)C2CCCNC2)c1)c1ccc(F)cc1. The molecule has 0 bridgehead atoms. The fraction of sp³-hybridized carbons (Fsp3) is 0.300. The fourth-order valence-electron chi connectivity index (χ4n) is 2.97. The van der Waals surface area contributed by atoms with Crippen LogP contribution in [0.5, 0.6) is 0 Å². The normalized spacial score (nSPS) is 16.7. The van der Waals surface area contributed by atoms with Gasteiger partial charge in [0.1, 0.15) is 5.82 Å². The zero-order chi connectivity index (χ0) is 18.4. The molecule has 2 aromatic rings. The number of halogens is 1. The van der Waals surface area contributed by atoms with E-state index in [0.717, 1.165) is 31.5 Å². The summed E-state index contributed by atoms with van der Waals surface area (Å²) < 4.78 is 12.9. The number of rotatable bonds is 5. The lowest BCUT2D eigenvalue weighted by Crippen LogP contribution is -2.40. The Morgan fingerprint density at radius 2 is 1.96 bits per heavy atom. The molecule has 136 valence electrons. The smallest absolute Gasteiger partial charge is 0.255 e. The Labute approximate surface area is 152 Å². The highest BCUT2D eigenvalue weighted by atomic mass is 19.1. The van der Waals surface area contributed by atoms with Crippen LogP contribution in [0.25, 0.3) is 0 Å². The summed E-state index contributed by atoms with van der Waals surface area (Å²) in [5.41, 5.74) is 1.92. The van der Waals surface area contributed by atoms with Gasteiger partial charge in [-0.2, -0.15) is 0 Å². The third-order valence-electron chi connectivity index (χ3n) is 4.43. The van der Waals surface area contributed by atoms with E-state index in [1.54, 1.807) is 6.07 Å². The van der Waals surface area contributed by atoms with Gasteiger partial charge in [0, 0.05) is 24.3 Å². The number of carbonyl (C=O) groups excluding carboxylic acids is 2. The average molecular weight is 355 g/mol. The zero-order valence-corrected chi connectivity index (χ0v) is 14.4. The van der Waals surface area contributed by atoms with Gasteiger partial charge in [0.15, 0.2) is 0 Å². The van der Waals surface area contributed by atoms with Crippen molar-refractivity contribution in [2.45, 2.75) is 19.4 Å². The second-order valence-corrected chi connectivity index (χ2v) is 6.42. The minimum atomic E-state index is -0.382. The van der Waals surface area contributed by atoms with Crippen LogP contribution in [0.2, 0.25) is 0 Å². The number of benzene rings is 2. The van der Waals surface area contributed by atoms with Crippen molar-refractivity contribution in [1.82, 2.24) is 10.6 Å². The van der Waals surface area contributed by atoms with Crippen molar-refractivity contribution in [3.63, 3.8) is 0 Å². The molecule has 6 heteroatoms. The van der Waals surface area contributed by atoms with Gasteiger partial charge in [-0.15, -0.1) is 0 Å². The first-order chi connectivity index (χ1) is 12.6. The Kier molecular flexibility index (Phi) is 5.96. The number of hydrogen-bond acceptors (Lipinski definition) is 3. The number of anilines is 1. The minimum Gasteiger partial charge on any atom is -0.352 e. The molecule has 1 atom stereocenters. The van der Waals surface area contributed by atoms with Gasteiger partial charge in [-0.1, -0.05) is 12.1 Å². The fourth-order valence-corrected chi connectivity index (χ4v) is 2.97. The predicted molar refractivity (Wildman–Crippen MR) is 98.2 cm³/mol. The highest BCUT2D eigenvalue weighted by Crippen LogP contribution is 2.14. The molecule has 3 N–H and O–H groups in total. The third-order valence-corrected chi connectivity index (χ3v) is 4.43. The van der Waals surface area contributed by atoms with Gasteiger partial charge in [0.2, 0.25) is 5.91 Å². The molecular formula is C20H22FN3O2. The molecule has 1 heterocycles. The summed E-state index contributed by atoms with van der Waals surface area (Å²) in [5, 5.41) is 8.97. The van der Waals surface area contributed by atoms with Gasteiger partial charge in [-0.05, 0) is 61.3 Å². The summed E-state index contributed by atoms with van der Waals surface area (Å²) in [6, 6.07) is 12.7. The summed E-state index contributed by atoms with van der Waals surface area (Å²) in [5.74, 6) is -0.616. The van der Waals surface area contributed by atoms with Crippen LogP contribution in [0.15, 0.2) is 48.5 Å². The van der Waals surface area contributed by atoms with Crippen LogP contribution in [0, 0.1) is 11.7 Å². The molecule has 0 spiro atoms.